The molecule has 0 amide bonds. The summed E-state index contributed by atoms with van der Waals surface area (Å²) in [6.45, 7) is 8.61. The van der Waals surface area contributed by atoms with Gasteiger partial charge in [-0.1, -0.05) is 5.16 Å². The molecule has 1 aliphatic heterocycles. The Hall–Kier alpha value is -2.58. The molecular weight excluding hydrogens is 344 g/mol. The molecule has 27 heavy (non-hydrogen) atoms. The van der Waals surface area contributed by atoms with Crippen LogP contribution < -0.4 is 0 Å². The van der Waals surface area contributed by atoms with Crippen LogP contribution in [0.25, 0.3) is 23.0 Å². The lowest BCUT2D eigenvalue weighted by molar-refractivity contribution is 0.0909. The molecule has 142 valence electrons. The third kappa shape index (κ3) is 3.38. The number of pyridine rings is 1. The highest BCUT2D eigenvalue weighted by Crippen LogP contribution is 2.32. The number of hydrogen-bond acceptors (Lipinski definition) is 7. The molecule has 4 rings (SSSR count). The predicted octanol–water partition coefficient (Wildman–Crippen LogP) is 2.53. The normalized spacial score (nSPS) is 15.7. The number of aromatic amines is 1. The molecule has 1 aliphatic rings. The van der Waals surface area contributed by atoms with E-state index < -0.39 is 0 Å². The molecule has 8 heteroatoms. The van der Waals surface area contributed by atoms with Crippen molar-refractivity contribution in [3.05, 3.63) is 35.0 Å². The van der Waals surface area contributed by atoms with E-state index in [0.29, 0.717) is 17.8 Å². The molecular formula is C19H24N6O2. The Kier molecular flexibility index (Phi) is 4.75. The van der Waals surface area contributed by atoms with Crippen molar-refractivity contribution in [3.8, 4) is 23.0 Å². The molecule has 0 fully saturated rings. The topological polar surface area (TPSA) is 93.0 Å². The molecule has 1 unspecified atom stereocenters. The van der Waals surface area contributed by atoms with Gasteiger partial charge in [-0.25, -0.2) is 4.98 Å². The summed E-state index contributed by atoms with van der Waals surface area (Å²) in [5.74, 6) is 1.83. The Morgan fingerprint density at radius 3 is 2.89 bits per heavy atom. The zero-order chi connectivity index (χ0) is 19.0. The highest BCUT2D eigenvalue weighted by atomic mass is 16.5. The Morgan fingerprint density at radius 2 is 2.15 bits per heavy atom. The van der Waals surface area contributed by atoms with Crippen molar-refractivity contribution < 1.29 is 9.26 Å². The number of ether oxygens (including phenoxy) is 1. The lowest BCUT2D eigenvalue weighted by atomic mass is 9.94. The number of fused-ring (bicyclic) bond motifs is 1. The average molecular weight is 368 g/mol. The lowest BCUT2D eigenvalue weighted by Crippen LogP contribution is -2.40. The van der Waals surface area contributed by atoms with Crippen LogP contribution in [-0.4, -0.2) is 56.3 Å². The van der Waals surface area contributed by atoms with Crippen LogP contribution in [0.5, 0.6) is 0 Å². The van der Waals surface area contributed by atoms with Gasteiger partial charge in [0, 0.05) is 43.7 Å². The number of aryl methyl sites for hydroxylation is 2. The second kappa shape index (κ2) is 7.21. The fourth-order valence-electron chi connectivity index (χ4n) is 3.65. The molecule has 0 saturated heterocycles. The minimum atomic E-state index is 0.369. The van der Waals surface area contributed by atoms with Gasteiger partial charge in [0.05, 0.1) is 12.8 Å². The van der Waals surface area contributed by atoms with Crippen LogP contribution in [0.4, 0.5) is 0 Å². The maximum Gasteiger partial charge on any atom is 0.276 e. The van der Waals surface area contributed by atoms with Crippen molar-refractivity contribution in [1.29, 1.82) is 0 Å². The van der Waals surface area contributed by atoms with Crippen molar-refractivity contribution in [2.45, 2.75) is 39.8 Å². The summed E-state index contributed by atoms with van der Waals surface area (Å²) in [4.78, 5) is 18.9. The van der Waals surface area contributed by atoms with E-state index in [1.54, 1.807) is 13.3 Å². The fourth-order valence-corrected chi connectivity index (χ4v) is 3.65. The van der Waals surface area contributed by atoms with Crippen LogP contribution in [0.1, 0.15) is 29.6 Å². The maximum absolute atomic E-state index is 5.47. The first-order valence-corrected chi connectivity index (χ1v) is 9.13. The molecule has 4 heterocycles. The summed E-state index contributed by atoms with van der Waals surface area (Å²) in [6.07, 6.45) is 4.60. The molecule has 0 aliphatic carbocycles. The maximum atomic E-state index is 5.47. The van der Waals surface area contributed by atoms with E-state index in [1.807, 2.05) is 20.0 Å². The minimum absolute atomic E-state index is 0.369. The summed E-state index contributed by atoms with van der Waals surface area (Å²) in [5, 5.41) is 4.22. The highest BCUT2D eigenvalue weighted by Gasteiger charge is 2.26. The van der Waals surface area contributed by atoms with Gasteiger partial charge in [0.25, 0.3) is 5.89 Å². The first-order valence-electron chi connectivity index (χ1n) is 9.13. The number of nitrogens with one attached hydrogen (secondary N) is 1. The second-order valence-electron chi connectivity index (χ2n) is 7.05. The van der Waals surface area contributed by atoms with Crippen LogP contribution >= 0.6 is 0 Å². The van der Waals surface area contributed by atoms with Crippen LogP contribution in [-0.2, 0) is 17.7 Å². The Balaban J connectivity index is 1.67. The molecule has 1 atom stereocenters. The first-order chi connectivity index (χ1) is 13.1. The standard InChI is InChI=1S/C19H24N6O2/c1-11(10-26-4)25-6-5-15-14(9-25)7-20-12(2)17(15)18-23-19(27-24-18)16-8-21-13(3)22-16/h7-8,11H,5-6,9-10H2,1-4H3,(H,21,22). The van der Waals surface area contributed by atoms with Gasteiger partial charge in [0.15, 0.2) is 0 Å². The van der Waals surface area contributed by atoms with Gasteiger partial charge < -0.3 is 14.2 Å². The minimum Gasteiger partial charge on any atom is -0.383 e. The van der Waals surface area contributed by atoms with Gasteiger partial charge in [-0.3, -0.25) is 9.88 Å². The monoisotopic (exact) mass is 368 g/mol. The molecule has 3 aromatic rings. The largest absolute Gasteiger partial charge is 0.383 e. The van der Waals surface area contributed by atoms with Gasteiger partial charge in [-0.15, -0.1) is 0 Å². The predicted molar refractivity (Wildman–Crippen MR) is 100 cm³/mol. The van der Waals surface area contributed by atoms with Crippen molar-refractivity contribution in [2.75, 3.05) is 20.3 Å². The van der Waals surface area contributed by atoms with E-state index in [2.05, 4.69) is 36.9 Å². The van der Waals surface area contributed by atoms with Gasteiger partial charge in [-0.05, 0) is 38.3 Å². The van der Waals surface area contributed by atoms with Gasteiger partial charge in [0.1, 0.15) is 11.5 Å². The third-order valence-corrected chi connectivity index (χ3v) is 5.10. The molecule has 3 aromatic heterocycles. The van der Waals surface area contributed by atoms with E-state index >= 15 is 0 Å². The smallest absolute Gasteiger partial charge is 0.276 e. The van der Waals surface area contributed by atoms with E-state index in [-0.39, 0.29) is 0 Å². The van der Waals surface area contributed by atoms with Crippen molar-refractivity contribution in [1.82, 2.24) is 30.0 Å². The van der Waals surface area contributed by atoms with E-state index in [4.69, 9.17) is 9.26 Å². The highest BCUT2D eigenvalue weighted by molar-refractivity contribution is 5.66. The molecule has 0 bridgehead atoms. The number of nitrogens with zero attached hydrogens (tertiary/aromatic N) is 5. The van der Waals surface area contributed by atoms with Crippen molar-refractivity contribution >= 4 is 0 Å². The van der Waals surface area contributed by atoms with E-state index in [9.17, 15) is 0 Å². The quantitative estimate of drug-likeness (QED) is 0.739. The SMILES string of the molecule is COCC(C)N1CCc2c(cnc(C)c2-c2noc(-c3cnc(C)[nH]3)n2)C1. The second-order valence-corrected chi connectivity index (χ2v) is 7.05. The summed E-state index contributed by atoms with van der Waals surface area (Å²) in [6, 6.07) is 0.369. The van der Waals surface area contributed by atoms with Crippen molar-refractivity contribution in [2.24, 2.45) is 0 Å². The number of methoxy groups -OCH3 is 1. The summed E-state index contributed by atoms with van der Waals surface area (Å²) < 4.78 is 10.8. The van der Waals surface area contributed by atoms with Crippen LogP contribution in [0, 0.1) is 13.8 Å². The van der Waals surface area contributed by atoms with E-state index in [0.717, 1.165) is 48.9 Å². The number of hydrogen-bond donors (Lipinski definition) is 1. The zero-order valence-electron chi connectivity index (χ0n) is 16.1. The lowest BCUT2D eigenvalue weighted by Gasteiger charge is -2.34. The number of imidazole rings is 1. The Labute approximate surface area is 158 Å². The molecule has 0 aromatic carbocycles. The number of H-pyrrole nitrogens is 1. The van der Waals surface area contributed by atoms with Gasteiger partial charge >= 0.3 is 0 Å². The summed E-state index contributed by atoms with van der Waals surface area (Å²) in [7, 11) is 1.74. The Morgan fingerprint density at radius 1 is 1.30 bits per heavy atom. The van der Waals surface area contributed by atoms with Crippen molar-refractivity contribution in [3.63, 3.8) is 0 Å². The van der Waals surface area contributed by atoms with Crippen LogP contribution in [0.15, 0.2) is 16.9 Å². The average Bonchev–Trinajstić information content (AvgIpc) is 3.30. The molecule has 0 spiro atoms. The molecule has 8 nitrogen and oxygen atoms in total. The fraction of sp³-hybridized carbons (Fsp3) is 0.474. The zero-order valence-corrected chi connectivity index (χ0v) is 16.1. The number of aromatic nitrogens is 5. The molecule has 0 saturated carbocycles. The van der Waals surface area contributed by atoms with Crippen LogP contribution in [0.2, 0.25) is 0 Å². The molecule has 0 radical (unpaired) electrons. The van der Waals surface area contributed by atoms with Crippen LogP contribution in [0.3, 0.4) is 0 Å². The first kappa shape index (κ1) is 17.8. The summed E-state index contributed by atoms with van der Waals surface area (Å²) >= 11 is 0. The van der Waals surface area contributed by atoms with Gasteiger partial charge in [0.2, 0.25) is 5.82 Å². The summed E-state index contributed by atoms with van der Waals surface area (Å²) in [5.41, 5.74) is 5.10. The molecule has 1 N–H and O–H groups in total. The third-order valence-electron chi connectivity index (χ3n) is 5.10. The number of rotatable bonds is 5. The van der Waals surface area contributed by atoms with E-state index in [1.165, 1.54) is 11.1 Å². The Bertz CT molecular complexity index is 948. The van der Waals surface area contributed by atoms with Gasteiger partial charge in [-0.2, -0.15) is 4.98 Å².